The highest BCUT2D eigenvalue weighted by molar-refractivity contribution is 6.18. The van der Waals surface area contributed by atoms with Gasteiger partial charge in [-0.25, -0.2) is 4.48 Å². The minimum absolute atomic E-state index is 0.312. The van der Waals surface area contributed by atoms with Gasteiger partial charge in [0, 0.05) is 19.0 Å². The fourth-order valence-corrected chi connectivity index (χ4v) is 4.19. The maximum absolute atomic E-state index is 11.6. The molecular formula is C18H24N2O2. The molecule has 0 saturated carbocycles. The molecule has 2 heterocycles. The molecule has 22 heavy (non-hydrogen) atoms. The van der Waals surface area contributed by atoms with E-state index in [1.54, 1.807) is 0 Å². The zero-order valence-corrected chi connectivity index (χ0v) is 13.4. The Labute approximate surface area is 132 Å². The first-order valence-electron chi connectivity index (χ1n) is 8.22. The summed E-state index contributed by atoms with van der Waals surface area (Å²) in [5.41, 5.74) is 2.29. The Bertz CT molecular complexity index is 611. The summed E-state index contributed by atoms with van der Waals surface area (Å²) >= 11 is 0. The van der Waals surface area contributed by atoms with Crippen molar-refractivity contribution in [3.05, 3.63) is 36.0 Å². The van der Waals surface area contributed by atoms with Crippen molar-refractivity contribution < 1.29 is 9.90 Å². The lowest BCUT2D eigenvalue weighted by Crippen LogP contribution is -2.60. The van der Waals surface area contributed by atoms with Crippen LogP contribution in [0, 0.1) is 0 Å². The van der Waals surface area contributed by atoms with E-state index in [-0.39, 0.29) is 0 Å². The van der Waals surface area contributed by atoms with Crippen LogP contribution in [0.4, 0.5) is 5.69 Å². The van der Waals surface area contributed by atoms with Gasteiger partial charge in [-0.2, -0.15) is 0 Å². The van der Waals surface area contributed by atoms with E-state index in [0.717, 1.165) is 37.2 Å². The van der Waals surface area contributed by atoms with Gasteiger partial charge in [-0.3, -0.25) is 4.90 Å². The number of quaternary nitrogens is 1. The minimum atomic E-state index is -1.07. The molecule has 2 aliphatic heterocycles. The maximum Gasteiger partial charge on any atom is 0.154 e. The van der Waals surface area contributed by atoms with Gasteiger partial charge in [-0.05, 0) is 32.4 Å². The fraction of sp³-hybridized carbons (Fsp3) is 0.500. The average molecular weight is 300 g/mol. The molecule has 2 aliphatic rings. The third kappa shape index (κ3) is 2.27. The highest BCUT2D eigenvalue weighted by Gasteiger charge is 2.46. The van der Waals surface area contributed by atoms with Gasteiger partial charge in [0.2, 0.25) is 0 Å². The van der Waals surface area contributed by atoms with E-state index in [9.17, 15) is 9.90 Å². The van der Waals surface area contributed by atoms with E-state index >= 15 is 0 Å². The number of rotatable bonds is 4. The molecule has 3 rings (SSSR count). The van der Waals surface area contributed by atoms with Crippen molar-refractivity contribution in [1.29, 1.82) is 0 Å². The van der Waals surface area contributed by atoms with Gasteiger partial charge in [-0.15, -0.1) is 0 Å². The van der Waals surface area contributed by atoms with E-state index in [0.29, 0.717) is 16.2 Å². The number of aliphatic carboxylic acids is 1. The Morgan fingerprint density at radius 3 is 2.82 bits per heavy atom. The Morgan fingerprint density at radius 1 is 1.36 bits per heavy atom. The van der Waals surface area contributed by atoms with Crippen molar-refractivity contribution in [2.45, 2.75) is 38.8 Å². The van der Waals surface area contributed by atoms with Crippen LogP contribution in [-0.4, -0.2) is 37.2 Å². The van der Waals surface area contributed by atoms with Crippen molar-refractivity contribution in [1.82, 2.24) is 9.38 Å². The van der Waals surface area contributed by atoms with Gasteiger partial charge in [0.25, 0.3) is 0 Å². The zero-order valence-electron chi connectivity index (χ0n) is 13.4. The lowest BCUT2D eigenvalue weighted by molar-refractivity contribution is -0.295. The van der Waals surface area contributed by atoms with Gasteiger partial charge in [-0.1, -0.05) is 19.1 Å². The first-order valence-corrected chi connectivity index (χ1v) is 8.22. The number of benzene rings is 1. The first kappa shape index (κ1) is 15.3. The fourth-order valence-electron chi connectivity index (χ4n) is 4.19. The predicted molar refractivity (Wildman–Crippen MR) is 86.6 cm³/mol. The highest BCUT2D eigenvalue weighted by Crippen LogP contribution is 2.44. The van der Waals surface area contributed by atoms with Gasteiger partial charge in [0.05, 0.1) is 23.7 Å². The number of carbonyl (C=O) groups is 1. The number of carboxylic acids is 1. The van der Waals surface area contributed by atoms with Gasteiger partial charge in [0.1, 0.15) is 11.9 Å². The second-order valence-electron chi connectivity index (χ2n) is 6.46. The minimum Gasteiger partial charge on any atom is -0.545 e. The Morgan fingerprint density at radius 2 is 2.14 bits per heavy atom. The molecule has 2 unspecified atom stereocenters. The Hall–Kier alpha value is -1.65. The van der Waals surface area contributed by atoms with Crippen LogP contribution in [0.5, 0.6) is 0 Å². The number of nitrogens with zero attached hydrogens (tertiary/aromatic N) is 2. The number of hydrogen-bond donors (Lipinski definition) is 0. The molecule has 0 spiro atoms. The topological polar surface area (TPSA) is 43.4 Å². The molecule has 118 valence electrons. The molecule has 1 aromatic carbocycles. The third-order valence-electron chi connectivity index (χ3n) is 5.08. The Kier molecular flexibility index (Phi) is 4.06. The number of fused-ring (bicyclic) bond motifs is 1. The van der Waals surface area contributed by atoms with Crippen LogP contribution in [0.15, 0.2) is 30.5 Å². The molecule has 2 atom stereocenters. The molecule has 4 heteroatoms. The van der Waals surface area contributed by atoms with E-state index in [1.807, 2.05) is 24.4 Å². The molecule has 0 N–H and O–H groups in total. The lowest BCUT2D eigenvalue weighted by atomic mass is 10.0. The maximum atomic E-state index is 11.6. The molecular weight excluding hydrogens is 276 g/mol. The largest absolute Gasteiger partial charge is 0.545 e. The average Bonchev–Trinajstić information content (AvgIpc) is 2.84. The van der Waals surface area contributed by atoms with Gasteiger partial charge >= 0.3 is 0 Å². The first-order chi connectivity index (χ1) is 10.6. The summed E-state index contributed by atoms with van der Waals surface area (Å²) in [5.74, 6) is -1.07. The molecule has 1 fully saturated rings. The molecule has 4 nitrogen and oxygen atoms in total. The Balaban J connectivity index is 2.16. The second-order valence-corrected chi connectivity index (χ2v) is 6.46. The summed E-state index contributed by atoms with van der Waals surface area (Å²) in [6, 6.07) is 7.91. The molecule has 0 bridgehead atoms. The summed E-state index contributed by atoms with van der Waals surface area (Å²) in [6.45, 7) is 4.16. The number of hydrogen-bond acceptors (Lipinski definition) is 3. The summed E-state index contributed by atoms with van der Waals surface area (Å²) in [4.78, 5) is 14.0. The molecule has 0 aromatic heterocycles. The second kappa shape index (κ2) is 5.86. The molecule has 1 saturated heterocycles. The number of carbonyl (C=O) groups excluding carboxylic acids is 1. The SMILES string of the molecule is CCC[N+]1(C2CCCCN2C)C=C(C(=O)[O-])c2ccccc21. The van der Waals surface area contributed by atoms with Crippen LogP contribution < -0.4 is 9.59 Å². The van der Waals surface area contributed by atoms with E-state index in [1.165, 1.54) is 12.8 Å². The number of carboxylic acid groups (broad SMARTS) is 1. The summed E-state index contributed by atoms with van der Waals surface area (Å²) in [6.07, 6.45) is 6.78. The predicted octanol–water partition coefficient (Wildman–Crippen LogP) is 1.95. The van der Waals surface area contributed by atoms with Crippen molar-refractivity contribution in [2.24, 2.45) is 0 Å². The van der Waals surface area contributed by atoms with E-state index in [2.05, 4.69) is 24.9 Å². The standard InChI is InChI=1S/C18H24N2O2/c1-3-12-20(17-10-6-7-11-19(17)2)13-15(18(21)22)14-8-4-5-9-16(14)20/h4-5,8-9,13,17H,3,6-7,10-12H2,1-2H3. The van der Waals surface area contributed by atoms with Crippen molar-refractivity contribution >= 4 is 17.2 Å². The lowest BCUT2D eigenvalue weighted by Gasteiger charge is -2.45. The monoisotopic (exact) mass is 300 g/mol. The number of para-hydroxylation sites is 1. The highest BCUT2D eigenvalue weighted by atomic mass is 16.4. The van der Waals surface area contributed by atoms with E-state index in [4.69, 9.17) is 0 Å². The van der Waals surface area contributed by atoms with E-state index < -0.39 is 5.97 Å². The normalized spacial score (nSPS) is 28.3. The number of likely N-dealkylation sites (tertiary alicyclic amines) is 1. The molecule has 0 radical (unpaired) electrons. The van der Waals surface area contributed by atoms with Crippen LogP contribution >= 0.6 is 0 Å². The quantitative estimate of drug-likeness (QED) is 0.798. The summed E-state index contributed by atoms with van der Waals surface area (Å²) < 4.78 is 0.631. The van der Waals surface area contributed by atoms with Crippen molar-refractivity contribution in [2.75, 3.05) is 20.1 Å². The van der Waals surface area contributed by atoms with Crippen molar-refractivity contribution in [3.8, 4) is 0 Å². The van der Waals surface area contributed by atoms with Crippen LogP contribution in [0.2, 0.25) is 0 Å². The molecule has 0 amide bonds. The van der Waals surface area contributed by atoms with Crippen LogP contribution in [0.3, 0.4) is 0 Å². The third-order valence-corrected chi connectivity index (χ3v) is 5.08. The zero-order chi connectivity index (χ0) is 15.7. The summed E-state index contributed by atoms with van der Waals surface area (Å²) in [5, 5.41) is 11.6. The van der Waals surface area contributed by atoms with Crippen LogP contribution in [-0.2, 0) is 4.79 Å². The van der Waals surface area contributed by atoms with Gasteiger partial charge in [0.15, 0.2) is 6.17 Å². The van der Waals surface area contributed by atoms with Gasteiger partial charge < -0.3 is 9.90 Å². The van der Waals surface area contributed by atoms with Crippen LogP contribution in [0.25, 0.3) is 5.57 Å². The van der Waals surface area contributed by atoms with Crippen LogP contribution in [0.1, 0.15) is 38.2 Å². The summed E-state index contributed by atoms with van der Waals surface area (Å²) in [7, 11) is 2.16. The van der Waals surface area contributed by atoms with Crippen molar-refractivity contribution in [3.63, 3.8) is 0 Å². The molecule has 1 aromatic rings. The molecule has 0 aliphatic carbocycles. The number of piperidine rings is 1. The smallest absolute Gasteiger partial charge is 0.154 e.